The summed E-state index contributed by atoms with van der Waals surface area (Å²) < 4.78 is 5.64. The van der Waals surface area contributed by atoms with Gasteiger partial charge in [0.1, 0.15) is 0 Å². The lowest BCUT2D eigenvalue weighted by atomic mass is 10.1. The average Bonchev–Trinajstić information content (AvgIpc) is 2.89. The smallest absolute Gasteiger partial charge is 0.241 e. The van der Waals surface area contributed by atoms with E-state index in [1.54, 1.807) is 0 Å². The van der Waals surface area contributed by atoms with E-state index in [1.165, 1.54) is 0 Å². The first kappa shape index (κ1) is 12.8. The highest BCUT2D eigenvalue weighted by Gasteiger charge is 2.40. The normalized spacial score (nSPS) is 34.0. The Bertz CT molecular complexity index is 275. The summed E-state index contributed by atoms with van der Waals surface area (Å²) in [5, 5.41) is 3.43. The van der Waals surface area contributed by atoms with Crippen molar-refractivity contribution in [2.45, 2.75) is 58.3 Å². The largest absolute Gasteiger partial charge is 0.376 e. The summed E-state index contributed by atoms with van der Waals surface area (Å²) in [6.07, 6.45) is 3.51. The Kier molecular flexibility index (Phi) is 4.05. The molecule has 2 fully saturated rings. The second-order valence-electron chi connectivity index (χ2n) is 5.44. The van der Waals surface area contributed by atoms with Gasteiger partial charge in [-0.2, -0.15) is 0 Å². The summed E-state index contributed by atoms with van der Waals surface area (Å²) in [6.45, 7) is 7.98. The van der Waals surface area contributed by atoms with Gasteiger partial charge in [-0.25, -0.2) is 0 Å². The molecular formula is C13H24N2O2. The molecule has 17 heavy (non-hydrogen) atoms. The van der Waals surface area contributed by atoms with Crippen molar-refractivity contribution in [2.24, 2.45) is 5.92 Å². The number of ether oxygens (including phenoxy) is 1. The van der Waals surface area contributed by atoms with Gasteiger partial charge < -0.3 is 9.64 Å². The molecule has 0 aromatic heterocycles. The molecule has 1 amide bonds. The van der Waals surface area contributed by atoms with E-state index >= 15 is 0 Å². The van der Waals surface area contributed by atoms with Crippen LogP contribution in [0.4, 0.5) is 0 Å². The maximum Gasteiger partial charge on any atom is 0.241 e. The number of nitrogens with one attached hydrogen (secondary N) is 1. The molecule has 3 unspecified atom stereocenters. The molecule has 1 N–H and O–H groups in total. The van der Waals surface area contributed by atoms with E-state index in [0.29, 0.717) is 5.92 Å². The molecule has 4 heteroatoms. The molecule has 2 heterocycles. The van der Waals surface area contributed by atoms with Gasteiger partial charge in [0, 0.05) is 13.2 Å². The topological polar surface area (TPSA) is 41.6 Å². The van der Waals surface area contributed by atoms with Gasteiger partial charge in [-0.05, 0) is 25.2 Å². The number of carbonyl (C=O) groups excluding carboxylic acids is 1. The van der Waals surface area contributed by atoms with Crippen molar-refractivity contribution in [3.8, 4) is 0 Å². The van der Waals surface area contributed by atoms with Gasteiger partial charge in [-0.15, -0.1) is 0 Å². The van der Waals surface area contributed by atoms with Gasteiger partial charge in [0.2, 0.25) is 5.91 Å². The van der Waals surface area contributed by atoms with Gasteiger partial charge in [0.15, 0.2) is 0 Å². The molecule has 98 valence electrons. The molecule has 4 nitrogen and oxygen atoms in total. The van der Waals surface area contributed by atoms with Gasteiger partial charge >= 0.3 is 0 Å². The zero-order valence-corrected chi connectivity index (χ0v) is 11.1. The Morgan fingerprint density at radius 2 is 2.29 bits per heavy atom. The fourth-order valence-corrected chi connectivity index (χ4v) is 2.76. The van der Waals surface area contributed by atoms with Crippen LogP contribution in [0.25, 0.3) is 0 Å². The molecule has 2 saturated heterocycles. The first-order valence-corrected chi connectivity index (χ1v) is 6.81. The quantitative estimate of drug-likeness (QED) is 0.806. The van der Waals surface area contributed by atoms with E-state index in [2.05, 4.69) is 26.1 Å². The maximum atomic E-state index is 12.2. The molecule has 0 aromatic rings. The van der Waals surface area contributed by atoms with E-state index in [-0.39, 0.29) is 24.2 Å². The third-order valence-corrected chi connectivity index (χ3v) is 3.75. The third kappa shape index (κ3) is 2.63. The molecule has 2 aliphatic rings. The number of carbonyl (C=O) groups is 1. The molecule has 0 spiro atoms. The van der Waals surface area contributed by atoms with Crippen molar-refractivity contribution in [1.29, 1.82) is 0 Å². The highest BCUT2D eigenvalue weighted by molar-refractivity contribution is 5.84. The van der Waals surface area contributed by atoms with Crippen LogP contribution in [-0.4, -0.2) is 42.3 Å². The van der Waals surface area contributed by atoms with Gasteiger partial charge in [0.25, 0.3) is 0 Å². The summed E-state index contributed by atoms with van der Waals surface area (Å²) in [5.41, 5.74) is 0. The predicted octanol–water partition coefficient (Wildman–Crippen LogP) is 1.36. The minimum absolute atomic E-state index is 0.00352. The Morgan fingerprint density at radius 1 is 1.53 bits per heavy atom. The van der Waals surface area contributed by atoms with Crippen molar-refractivity contribution in [3.05, 3.63) is 0 Å². The van der Waals surface area contributed by atoms with Crippen molar-refractivity contribution in [3.63, 3.8) is 0 Å². The van der Waals surface area contributed by atoms with Crippen LogP contribution in [0.1, 0.15) is 40.0 Å². The standard InChI is InChI=1S/C13H24N2O2/c1-4-11-13(16)15(12(14-11)9(2)3)8-10-6-5-7-17-10/h9-12,14H,4-8H2,1-3H3. The number of hydrogen-bond acceptors (Lipinski definition) is 3. The van der Waals surface area contributed by atoms with Crippen molar-refractivity contribution in [1.82, 2.24) is 10.2 Å². The van der Waals surface area contributed by atoms with Crippen LogP contribution in [0.15, 0.2) is 0 Å². The third-order valence-electron chi connectivity index (χ3n) is 3.75. The van der Waals surface area contributed by atoms with Crippen molar-refractivity contribution < 1.29 is 9.53 Å². The zero-order valence-electron chi connectivity index (χ0n) is 11.1. The fraction of sp³-hybridized carbons (Fsp3) is 0.923. The molecule has 0 aromatic carbocycles. The molecule has 2 aliphatic heterocycles. The second kappa shape index (κ2) is 5.36. The molecule has 0 radical (unpaired) electrons. The van der Waals surface area contributed by atoms with Crippen LogP contribution < -0.4 is 5.32 Å². The SMILES string of the molecule is CCC1NC(C(C)C)N(CC2CCCO2)C1=O. The predicted molar refractivity (Wildman–Crippen MR) is 66.5 cm³/mol. The Balaban J connectivity index is 2.02. The van der Waals surface area contributed by atoms with Crippen LogP contribution in [-0.2, 0) is 9.53 Å². The highest BCUT2D eigenvalue weighted by Crippen LogP contribution is 2.22. The van der Waals surface area contributed by atoms with E-state index in [0.717, 1.165) is 32.4 Å². The fourth-order valence-electron chi connectivity index (χ4n) is 2.76. The first-order chi connectivity index (χ1) is 8.13. The second-order valence-corrected chi connectivity index (χ2v) is 5.44. The van der Waals surface area contributed by atoms with E-state index in [1.807, 2.05) is 4.90 Å². The number of nitrogens with zero attached hydrogens (tertiary/aromatic N) is 1. The molecule has 2 rings (SSSR count). The minimum atomic E-state index is 0.00352. The van der Waals surface area contributed by atoms with Gasteiger partial charge in [-0.3, -0.25) is 10.1 Å². The van der Waals surface area contributed by atoms with Crippen LogP contribution in [0.3, 0.4) is 0 Å². The molecule has 3 atom stereocenters. The lowest BCUT2D eigenvalue weighted by Crippen LogP contribution is -2.44. The number of rotatable bonds is 4. The zero-order chi connectivity index (χ0) is 12.4. The Hall–Kier alpha value is -0.610. The van der Waals surface area contributed by atoms with Crippen molar-refractivity contribution >= 4 is 5.91 Å². The Morgan fingerprint density at radius 3 is 2.82 bits per heavy atom. The molecular weight excluding hydrogens is 216 g/mol. The highest BCUT2D eigenvalue weighted by atomic mass is 16.5. The summed E-state index contributed by atoms with van der Waals surface area (Å²) >= 11 is 0. The van der Waals surface area contributed by atoms with Crippen LogP contribution >= 0.6 is 0 Å². The molecule has 0 aliphatic carbocycles. The lowest BCUT2D eigenvalue weighted by Gasteiger charge is -2.29. The van der Waals surface area contributed by atoms with E-state index in [4.69, 9.17) is 4.74 Å². The van der Waals surface area contributed by atoms with Gasteiger partial charge in [0.05, 0.1) is 18.3 Å². The summed E-state index contributed by atoms with van der Waals surface area (Å²) in [6, 6.07) is 0.00352. The summed E-state index contributed by atoms with van der Waals surface area (Å²) in [7, 11) is 0. The Labute approximate surface area is 104 Å². The van der Waals surface area contributed by atoms with Gasteiger partial charge in [-0.1, -0.05) is 20.8 Å². The van der Waals surface area contributed by atoms with E-state index < -0.39 is 0 Å². The summed E-state index contributed by atoms with van der Waals surface area (Å²) in [5.74, 6) is 0.693. The average molecular weight is 240 g/mol. The minimum Gasteiger partial charge on any atom is -0.376 e. The van der Waals surface area contributed by atoms with Crippen LogP contribution in [0.5, 0.6) is 0 Å². The number of hydrogen-bond donors (Lipinski definition) is 1. The molecule has 0 bridgehead atoms. The van der Waals surface area contributed by atoms with Crippen LogP contribution in [0.2, 0.25) is 0 Å². The lowest BCUT2D eigenvalue weighted by molar-refractivity contribution is -0.132. The molecule has 0 saturated carbocycles. The van der Waals surface area contributed by atoms with E-state index in [9.17, 15) is 4.79 Å². The number of amides is 1. The van der Waals surface area contributed by atoms with Crippen molar-refractivity contribution in [2.75, 3.05) is 13.2 Å². The summed E-state index contributed by atoms with van der Waals surface area (Å²) in [4.78, 5) is 14.2. The maximum absolute atomic E-state index is 12.2. The monoisotopic (exact) mass is 240 g/mol. The first-order valence-electron chi connectivity index (χ1n) is 6.81. The van der Waals surface area contributed by atoms with Crippen LogP contribution in [0, 0.1) is 5.92 Å².